The third-order valence-corrected chi connectivity index (χ3v) is 4.14. The Hall–Kier alpha value is -2.36. The van der Waals surface area contributed by atoms with E-state index in [4.69, 9.17) is 0 Å². The topological polar surface area (TPSA) is 50.9 Å². The fraction of sp³-hybridized carbons (Fsp3) is 0.368. The fourth-order valence-electron chi connectivity index (χ4n) is 3.22. The third-order valence-electron chi connectivity index (χ3n) is 4.14. The van der Waals surface area contributed by atoms with Crippen molar-refractivity contribution in [2.75, 3.05) is 0 Å². The highest BCUT2D eigenvalue weighted by atomic mass is 16.3. The van der Waals surface area contributed by atoms with Crippen LogP contribution in [-0.4, -0.2) is 19.9 Å². The van der Waals surface area contributed by atoms with Crippen molar-refractivity contribution < 1.29 is 5.11 Å². The van der Waals surface area contributed by atoms with Crippen molar-refractivity contribution >= 4 is 10.8 Å². The van der Waals surface area contributed by atoms with Crippen molar-refractivity contribution in [3.8, 4) is 11.4 Å². The quantitative estimate of drug-likeness (QED) is 0.709. The zero-order valence-electron chi connectivity index (χ0n) is 15.0. The average molecular weight is 311 g/mol. The summed E-state index contributed by atoms with van der Waals surface area (Å²) in [6.07, 6.45) is 0. The van der Waals surface area contributed by atoms with E-state index < -0.39 is 0 Å². The van der Waals surface area contributed by atoms with Gasteiger partial charge in [-0.1, -0.05) is 13.8 Å². The Bertz CT molecular complexity index is 818. The highest BCUT2D eigenvalue weighted by Gasteiger charge is 2.18. The number of aromatic hydroxyl groups is 1. The minimum Gasteiger partial charge on any atom is -0.508 e. The number of phenols is 1. The number of rotatable bonds is 1. The maximum atomic E-state index is 9.62. The van der Waals surface area contributed by atoms with E-state index in [-0.39, 0.29) is 0 Å². The van der Waals surface area contributed by atoms with Gasteiger partial charge < -0.3 is 9.67 Å². The van der Waals surface area contributed by atoms with E-state index in [9.17, 15) is 5.11 Å². The number of hydrogen-bond acceptors (Lipinski definition) is 3. The van der Waals surface area contributed by atoms with Gasteiger partial charge in [-0.2, -0.15) is 10.2 Å². The molecule has 122 valence electrons. The van der Waals surface area contributed by atoms with Gasteiger partial charge in [0.1, 0.15) is 5.75 Å². The Balaban J connectivity index is 0.000000924. The molecule has 0 fully saturated rings. The van der Waals surface area contributed by atoms with Crippen LogP contribution < -0.4 is 0 Å². The van der Waals surface area contributed by atoms with Gasteiger partial charge in [-0.05, 0) is 58.4 Å². The summed E-state index contributed by atoms with van der Waals surface area (Å²) >= 11 is 0. The average Bonchev–Trinajstić information content (AvgIpc) is 2.78. The number of aryl methyl sites for hydroxylation is 5. The molecule has 0 bridgehead atoms. The first-order chi connectivity index (χ1) is 10.9. The molecule has 0 amide bonds. The number of aromatic nitrogens is 3. The van der Waals surface area contributed by atoms with Crippen molar-refractivity contribution in [1.29, 1.82) is 0 Å². The molecule has 0 spiro atoms. The second kappa shape index (κ2) is 6.41. The van der Waals surface area contributed by atoms with Crippen molar-refractivity contribution in [2.24, 2.45) is 0 Å². The van der Waals surface area contributed by atoms with E-state index in [2.05, 4.69) is 28.6 Å². The lowest BCUT2D eigenvalue weighted by atomic mass is 10.1. The molecule has 4 nitrogen and oxygen atoms in total. The summed E-state index contributed by atoms with van der Waals surface area (Å²) in [5.41, 5.74) is 6.34. The lowest BCUT2D eigenvalue weighted by molar-refractivity contribution is 0.474. The first kappa shape index (κ1) is 17.0. The molecule has 3 rings (SSSR count). The molecular weight excluding hydrogens is 286 g/mol. The molecule has 4 heteroatoms. The zero-order chi connectivity index (χ0) is 17.3. The van der Waals surface area contributed by atoms with Crippen molar-refractivity contribution in [3.63, 3.8) is 0 Å². The predicted octanol–water partition coefficient (Wildman–Crippen LogP) is 4.69. The molecule has 0 saturated heterocycles. The molecule has 0 saturated carbocycles. The van der Waals surface area contributed by atoms with Crippen molar-refractivity contribution in [1.82, 2.24) is 14.8 Å². The van der Waals surface area contributed by atoms with E-state index in [0.29, 0.717) is 5.75 Å². The maximum absolute atomic E-state index is 9.62. The minimum absolute atomic E-state index is 0.291. The Morgan fingerprint density at radius 3 is 1.74 bits per heavy atom. The Morgan fingerprint density at radius 1 is 0.826 bits per heavy atom. The van der Waals surface area contributed by atoms with Gasteiger partial charge in [0, 0.05) is 27.8 Å². The molecule has 0 aliphatic rings. The highest BCUT2D eigenvalue weighted by Crippen LogP contribution is 2.33. The summed E-state index contributed by atoms with van der Waals surface area (Å²) in [5.74, 6) is 0.291. The largest absolute Gasteiger partial charge is 0.508 e. The fourth-order valence-corrected chi connectivity index (χ4v) is 3.22. The monoisotopic (exact) mass is 311 g/mol. The van der Waals surface area contributed by atoms with Gasteiger partial charge in [0.25, 0.3) is 0 Å². The number of benzene rings is 1. The first-order valence-corrected chi connectivity index (χ1v) is 8.03. The van der Waals surface area contributed by atoms with E-state index in [1.54, 1.807) is 12.1 Å². The van der Waals surface area contributed by atoms with Crippen LogP contribution in [0.15, 0.2) is 18.2 Å². The predicted molar refractivity (Wildman–Crippen MR) is 95.6 cm³/mol. The third kappa shape index (κ3) is 2.69. The van der Waals surface area contributed by atoms with E-state index >= 15 is 0 Å². The van der Waals surface area contributed by atoms with Crippen LogP contribution in [0.1, 0.15) is 42.2 Å². The van der Waals surface area contributed by atoms with Crippen LogP contribution in [0.2, 0.25) is 0 Å². The molecule has 0 unspecified atom stereocenters. The smallest absolute Gasteiger partial charge is 0.115 e. The summed E-state index contributed by atoms with van der Waals surface area (Å²) < 4.78 is 2.22. The normalized spacial score (nSPS) is 10.6. The van der Waals surface area contributed by atoms with E-state index in [1.165, 1.54) is 10.8 Å². The SMILES string of the molecule is CC.Cc1cc(O)ccc1-n1c(C)c2c(C)nnc(C)c2c1C. The molecule has 0 aliphatic carbocycles. The molecule has 0 aliphatic heterocycles. The van der Waals surface area contributed by atoms with E-state index in [0.717, 1.165) is 34.0 Å². The van der Waals surface area contributed by atoms with Gasteiger partial charge in [0.15, 0.2) is 0 Å². The second-order valence-corrected chi connectivity index (χ2v) is 5.60. The summed E-state index contributed by atoms with van der Waals surface area (Å²) in [5, 5.41) is 20.5. The molecule has 0 atom stereocenters. The number of phenolic OH excluding ortho intramolecular Hbond substituents is 1. The molecule has 2 heterocycles. The molecule has 1 N–H and O–H groups in total. The lowest BCUT2D eigenvalue weighted by Crippen LogP contribution is -2.01. The molecule has 0 radical (unpaired) electrons. The number of nitrogens with zero attached hydrogens (tertiary/aromatic N) is 3. The zero-order valence-corrected chi connectivity index (χ0v) is 15.0. The van der Waals surface area contributed by atoms with Crippen LogP contribution in [0.3, 0.4) is 0 Å². The summed E-state index contributed by atoms with van der Waals surface area (Å²) in [7, 11) is 0. The highest BCUT2D eigenvalue weighted by molar-refractivity contribution is 5.92. The minimum atomic E-state index is 0.291. The summed E-state index contributed by atoms with van der Waals surface area (Å²) in [4.78, 5) is 0. The van der Waals surface area contributed by atoms with E-state index in [1.807, 2.05) is 40.7 Å². The summed E-state index contributed by atoms with van der Waals surface area (Å²) in [6.45, 7) is 14.2. The van der Waals surface area contributed by atoms with Gasteiger partial charge in [-0.25, -0.2) is 0 Å². The van der Waals surface area contributed by atoms with Gasteiger partial charge in [-0.3, -0.25) is 0 Å². The molecular formula is C19H25N3O. The number of hydrogen-bond donors (Lipinski definition) is 1. The molecule has 23 heavy (non-hydrogen) atoms. The lowest BCUT2D eigenvalue weighted by Gasteiger charge is -2.12. The Kier molecular flexibility index (Phi) is 4.73. The molecule has 1 aromatic carbocycles. The second-order valence-electron chi connectivity index (χ2n) is 5.60. The van der Waals surface area contributed by atoms with Crippen LogP contribution in [0.25, 0.3) is 16.5 Å². The van der Waals surface area contributed by atoms with Crippen LogP contribution in [0.4, 0.5) is 0 Å². The van der Waals surface area contributed by atoms with Crippen molar-refractivity contribution in [3.05, 3.63) is 46.5 Å². The van der Waals surface area contributed by atoms with Crippen LogP contribution >= 0.6 is 0 Å². The first-order valence-electron chi connectivity index (χ1n) is 8.03. The molecule has 2 aromatic heterocycles. The molecule has 3 aromatic rings. The van der Waals surface area contributed by atoms with Crippen LogP contribution in [0.5, 0.6) is 5.75 Å². The standard InChI is InChI=1S/C17H19N3O.C2H6/c1-9-8-14(21)6-7-15(9)20-12(4)16-10(2)18-19-11(3)17(16)13(20)5;1-2/h6-8,21H,1-5H3;1-2H3. The maximum Gasteiger partial charge on any atom is 0.115 e. The van der Waals surface area contributed by atoms with Crippen LogP contribution in [-0.2, 0) is 0 Å². The number of fused-ring (bicyclic) bond motifs is 1. The van der Waals surface area contributed by atoms with Gasteiger partial charge in [0.2, 0.25) is 0 Å². The van der Waals surface area contributed by atoms with Crippen LogP contribution in [0, 0.1) is 34.6 Å². The summed E-state index contributed by atoms with van der Waals surface area (Å²) in [6, 6.07) is 5.46. The van der Waals surface area contributed by atoms with Crippen molar-refractivity contribution in [2.45, 2.75) is 48.5 Å². The van der Waals surface area contributed by atoms with Gasteiger partial charge in [-0.15, -0.1) is 0 Å². The van der Waals surface area contributed by atoms with Gasteiger partial charge in [0.05, 0.1) is 11.4 Å². The van der Waals surface area contributed by atoms with Gasteiger partial charge >= 0.3 is 0 Å². The Labute approximate surface area is 137 Å². The Morgan fingerprint density at radius 2 is 1.30 bits per heavy atom.